The number of fused-ring (bicyclic) bond motifs is 2. The summed E-state index contributed by atoms with van der Waals surface area (Å²) in [5.74, 6) is -1.20. The number of rotatable bonds is 5. The number of nitrogens with zero attached hydrogens (tertiary/aromatic N) is 4. The summed E-state index contributed by atoms with van der Waals surface area (Å²) in [6.45, 7) is 1.89. The fourth-order valence-corrected chi connectivity index (χ4v) is 5.44. The van der Waals surface area contributed by atoms with Gasteiger partial charge in [0.1, 0.15) is 11.3 Å². The average molecular weight is 487 g/mol. The van der Waals surface area contributed by atoms with Crippen LogP contribution in [-0.2, 0) is 23.4 Å². The fourth-order valence-electron chi connectivity index (χ4n) is 4.32. The molecule has 1 amide bonds. The summed E-state index contributed by atoms with van der Waals surface area (Å²) in [6.07, 6.45) is 1.45. The molecular formula is C23H23FN4O5S. The molecule has 34 heavy (non-hydrogen) atoms. The lowest BCUT2D eigenvalue weighted by molar-refractivity contribution is 0.0764. The maximum atomic E-state index is 13.3. The molecule has 2 aliphatic heterocycles. The van der Waals surface area contributed by atoms with Crippen LogP contribution in [0.15, 0.2) is 42.6 Å². The first-order valence-corrected chi connectivity index (χ1v) is 12.2. The van der Waals surface area contributed by atoms with Crippen molar-refractivity contribution in [3.63, 3.8) is 0 Å². The summed E-state index contributed by atoms with van der Waals surface area (Å²) in [5.41, 5.74) is 1.03. The minimum Gasteiger partial charge on any atom is -0.505 e. The van der Waals surface area contributed by atoms with Crippen LogP contribution < -0.4 is 4.18 Å². The molecule has 1 fully saturated rings. The molecule has 0 spiro atoms. The topological polar surface area (TPSA) is 103 Å². The van der Waals surface area contributed by atoms with Gasteiger partial charge in [-0.05, 0) is 36.9 Å². The molecule has 1 N–H and O–H groups in total. The molecule has 178 valence electrons. The second-order valence-electron chi connectivity index (χ2n) is 8.46. The molecule has 3 aromatic rings. The minimum atomic E-state index is -4.16. The molecule has 0 saturated carbocycles. The molecule has 9 nitrogen and oxygen atoms in total. The van der Waals surface area contributed by atoms with Gasteiger partial charge in [-0.25, -0.2) is 4.39 Å². The number of hydrogen-bond acceptors (Lipinski definition) is 7. The molecule has 1 aromatic heterocycles. The Morgan fingerprint density at radius 2 is 1.82 bits per heavy atom. The molecule has 0 radical (unpaired) electrons. The van der Waals surface area contributed by atoms with Crippen LogP contribution in [0.4, 0.5) is 4.39 Å². The van der Waals surface area contributed by atoms with E-state index < -0.39 is 16.2 Å². The number of hydrogen-bond donors (Lipinski definition) is 1. The van der Waals surface area contributed by atoms with Crippen molar-refractivity contribution in [2.75, 3.05) is 33.2 Å². The number of aromatic hydroxyl groups is 1. The van der Waals surface area contributed by atoms with Gasteiger partial charge in [-0.1, -0.05) is 12.1 Å². The summed E-state index contributed by atoms with van der Waals surface area (Å²) >= 11 is 0. The minimum absolute atomic E-state index is 0.00946. The van der Waals surface area contributed by atoms with E-state index in [9.17, 15) is 22.7 Å². The van der Waals surface area contributed by atoms with E-state index in [1.54, 1.807) is 24.3 Å². The number of carbonyl (C=O) groups excluding carboxylic acids is 1. The monoisotopic (exact) mass is 486 g/mol. The highest BCUT2D eigenvalue weighted by atomic mass is 32.2. The Labute approximate surface area is 196 Å². The molecule has 2 aromatic carbocycles. The van der Waals surface area contributed by atoms with E-state index in [0.29, 0.717) is 24.0 Å². The number of phenols is 1. The fraction of sp³-hybridized carbons (Fsp3) is 0.304. The van der Waals surface area contributed by atoms with Gasteiger partial charge in [0.25, 0.3) is 5.91 Å². The van der Waals surface area contributed by atoms with E-state index in [0.717, 1.165) is 0 Å². The molecule has 5 rings (SSSR count). The van der Waals surface area contributed by atoms with Gasteiger partial charge in [-0.15, -0.1) is 0 Å². The number of likely N-dealkylation sites (N-methyl/N-ethyl adjacent to an activating group) is 1. The number of halogens is 1. The second kappa shape index (κ2) is 8.49. The highest BCUT2D eigenvalue weighted by molar-refractivity contribution is 7.84. The summed E-state index contributed by atoms with van der Waals surface area (Å²) in [6, 6.07) is 8.95. The molecule has 0 aliphatic carbocycles. The van der Waals surface area contributed by atoms with Crippen molar-refractivity contribution in [3.05, 3.63) is 65.1 Å². The summed E-state index contributed by atoms with van der Waals surface area (Å²) in [7, 11) is -2.24. The molecular weight excluding hydrogens is 463 g/mol. The smallest absolute Gasteiger partial charge is 0.385 e. The van der Waals surface area contributed by atoms with Crippen LogP contribution in [-0.4, -0.2) is 71.7 Å². The van der Waals surface area contributed by atoms with Gasteiger partial charge in [0.05, 0.1) is 12.1 Å². The Morgan fingerprint density at radius 3 is 2.53 bits per heavy atom. The first kappa shape index (κ1) is 22.5. The van der Waals surface area contributed by atoms with Gasteiger partial charge in [0, 0.05) is 49.9 Å². The van der Waals surface area contributed by atoms with Gasteiger partial charge in [-0.3, -0.25) is 9.78 Å². The summed E-state index contributed by atoms with van der Waals surface area (Å²) in [5, 5.41) is 11.2. The first-order chi connectivity index (χ1) is 16.2. The van der Waals surface area contributed by atoms with E-state index in [4.69, 9.17) is 4.18 Å². The van der Waals surface area contributed by atoms with Crippen molar-refractivity contribution in [2.24, 2.45) is 0 Å². The Kier molecular flexibility index (Phi) is 5.62. The zero-order chi connectivity index (χ0) is 24.0. The lowest BCUT2D eigenvalue weighted by Crippen LogP contribution is -2.48. The molecule has 0 unspecified atom stereocenters. The van der Waals surface area contributed by atoms with Gasteiger partial charge in [-0.2, -0.15) is 12.7 Å². The van der Waals surface area contributed by atoms with E-state index in [2.05, 4.69) is 4.98 Å². The molecule has 2 aliphatic rings. The van der Waals surface area contributed by atoms with Crippen LogP contribution in [0, 0.1) is 5.82 Å². The van der Waals surface area contributed by atoms with Gasteiger partial charge < -0.3 is 19.1 Å². The van der Waals surface area contributed by atoms with Gasteiger partial charge >= 0.3 is 10.3 Å². The third-order valence-corrected chi connectivity index (χ3v) is 7.57. The highest BCUT2D eigenvalue weighted by Crippen LogP contribution is 2.44. The number of piperazine rings is 1. The van der Waals surface area contributed by atoms with E-state index in [-0.39, 0.29) is 60.1 Å². The van der Waals surface area contributed by atoms with Crippen molar-refractivity contribution in [1.82, 2.24) is 19.1 Å². The number of carbonyl (C=O) groups is 1. The maximum Gasteiger partial charge on any atom is 0.385 e. The SMILES string of the molecule is CN1CCN(S(=O)(=O)Oc2c3c(c(O)c4ncccc24)C(=O)N(Cc2ccc(F)cc2)C3)CC1. The normalized spacial score (nSPS) is 17.4. The quantitative estimate of drug-likeness (QED) is 0.589. The van der Waals surface area contributed by atoms with Crippen LogP contribution in [0.1, 0.15) is 21.5 Å². The third-order valence-electron chi connectivity index (χ3n) is 6.19. The van der Waals surface area contributed by atoms with E-state index in [1.165, 1.54) is 27.5 Å². The number of aromatic nitrogens is 1. The van der Waals surface area contributed by atoms with Crippen LogP contribution in [0.5, 0.6) is 11.5 Å². The van der Waals surface area contributed by atoms with Crippen LogP contribution >= 0.6 is 0 Å². The molecule has 3 heterocycles. The maximum absolute atomic E-state index is 13.3. The van der Waals surface area contributed by atoms with Crippen molar-refractivity contribution in [2.45, 2.75) is 13.1 Å². The van der Waals surface area contributed by atoms with Crippen molar-refractivity contribution >= 4 is 27.1 Å². The average Bonchev–Trinajstić information content (AvgIpc) is 3.14. The predicted molar refractivity (Wildman–Crippen MR) is 122 cm³/mol. The number of amides is 1. The van der Waals surface area contributed by atoms with Crippen LogP contribution in [0.2, 0.25) is 0 Å². The van der Waals surface area contributed by atoms with E-state index >= 15 is 0 Å². The number of phenolic OH excluding ortho intramolecular Hbond substituents is 1. The Morgan fingerprint density at radius 1 is 1.12 bits per heavy atom. The van der Waals surface area contributed by atoms with Crippen molar-refractivity contribution in [1.29, 1.82) is 0 Å². The molecule has 0 bridgehead atoms. The number of benzene rings is 2. The van der Waals surface area contributed by atoms with Crippen LogP contribution in [0.3, 0.4) is 0 Å². The molecule has 11 heteroatoms. The largest absolute Gasteiger partial charge is 0.505 e. The van der Waals surface area contributed by atoms with Gasteiger partial charge in [0.2, 0.25) is 0 Å². The standard InChI is InChI=1S/C23H23FN4O5S/c1-26-9-11-28(12-10-26)34(31,32)33-22-17-3-2-8-25-20(17)21(29)19-18(22)14-27(23(19)30)13-15-4-6-16(24)7-5-15/h2-8,29H,9-14H2,1H3. The van der Waals surface area contributed by atoms with Crippen LogP contribution in [0.25, 0.3) is 10.9 Å². The zero-order valence-corrected chi connectivity index (χ0v) is 19.3. The lowest BCUT2D eigenvalue weighted by Gasteiger charge is -2.31. The lowest BCUT2D eigenvalue weighted by atomic mass is 10.0. The molecule has 0 atom stereocenters. The molecule has 1 saturated heterocycles. The highest BCUT2D eigenvalue weighted by Gasteiger charge is 2.38. The van der Waals surface area contributed by atoms with Crippen molar-refractivity contribution in [3.8, 4) is 11.5 Å². The number of pyridine rings is 1. The Hall–Kier alpha value is -3.28. The third kappa shape index (κ3) is 3.95. The zero-order valence-electron chi connectivity index (χ0n) is 18.4. The Bertz CT molecular complexity index is 1370. The Balaban J connectivity index is 1.55. The second-order valence-corrected chi connectivity index (χ2v) is 10.0. The van der Waals surface area contributed by atoms with Crippen molar-refractivity contribution < 1.29 is 26.9 Å². The first-order valence-electron chi connectivity index (χ1n) is 10.8. The van der Waals surface area contributed by atoms with Gasteiger partial charge in [0.15, 0.2) is 11.5 Å². The summed E-state index contributed by atoms with van der Waals surface area (Å²) in [4.78, 5) is 20.9. The van der Waals surface area contributed by atoms with E-state index in [1.807, 2.05) is 11.9 Å². The predicted octanol–water partition coefficient (Wildman–Crippen LogP) is 2.11. The summed E-state index contributed by atoms with van der Waals surface area (Å²) < 4.78 is 46.5.